The van der Waals surface area contributed by atoms with Crippen molar-refractivity contribution in [1.29, 1.82) is 0 Å². The normalized spacial score (nSPS) is 17.8. The fourth-order valence-corrected chi connectivity index (χ4v) is 3.72. The smallest absolute Gasteiger partial charge is 0.413 e. The highest BCUT2D eigenvalue weighted by Crippen LogP contribution is 2.21. The van der Waals surface area contributed by atoms with Gasteiger partial charge in [-0.15, -0.1) is 0 Å². The lowest BCUT2D eigenvalue weighted by atomic mass is 9.75. The van der Waals surface area contributed by atoms with Crippen LogP contribution in [-0.2, 0) is 11.7 Å². The molecular formula is C21H33BN6O2. The molecule has 1 atom stereocenters. The van der Waals surface area contributed by atoms with Gasteiger partial charge in [0.05, 0.1) is 11.9 Å². The average Bonchev–Trinajstić information content (AvgIpc) is 2.65. The van der Waals surface area contributed by atoms with E-state index in [1.165, 1.54) is 4.57 Å². The SMILES string of the molecule is CC1CN(C)CCN1c1ccc(Nc2cc(B(N)OC(C)(C)C)cn(C)c2=O)nc1. The van der Waals surface area contributed by atoms with Crippen molar-refractivity contribution in [2.45, 2.75) is 39.3 Å². The molecular weight excluding hydrogens is 379 g/mol. The summed E-state index contributed by atoms with van der Waals surface area (Å²) >= 11 is 0. The van der Waals surface area contributed by atoms with Gasteiger partial charge in [0, 0.05) is 44.5 Å². The van der Waals surface area contributed by atoms with Crippen LogP contribution in [0.25, 0.3) is 0 Å². The third kappa shape index (κ3) is 5.41. The van der Waals surface area contributed by atoms with Crippen molar-refractivity contribution < 1.29 is 4.65 Å². The lowest BCUT2D eigenvalue weighted by Crippen LogP contribution is -2.50. The van der Waals surface area contributed by atoms with Crippen LogP contribution in [0.1, 0.15) is 27.7 Å². The van der Waals surface area contributed by atoms with Gasteiger partial charge in [-0.05, 0) is 58.4 Å². The molecule has 2 aromatic heterocycles. The Morgan fingerprint density at radius 2 is 2.00 bits per heavy atom. The summed E-state index contributed by atoms with van der Waals surface area (Å²) in [6.07, 6.45) is 3.56. The summed E-state index contributed by atoms with van der Waals surface area (Å²) in [5.41, 5.74) is 7.88. The number of nitrogens with two attached hydrogens (primary N) is 1. The minimum atomic E-state index is -0.633. The monoisotopic (exact) mass is 412 g/mol. The summed E-state index contributed by atoms with van der Waals surface area (Å²) in [7, 11) is 3.21. The van der Waals surface area contributed by atoms with Crippen LogP contribution in [0.2, 0.25) is 0 Å². The van der Waals surface area contributed by atoms with E-state index in [-0.39, 0.29) is 11.2 Å². The number of piperazine rings is 1. The number of hydrogen-bond donors (Lipinski definition) is 2. The van der Waals surface area contributed by atoms with Crippen LogP contribution in [0.4, 0.5) is 17.2 Å². The number of likely N-dealkylation sites (N-methyl/N-ethyl adjacent to an activating group) is 1. The van der Waals surface area contributed by atoms with E-state index >= 15 is 0 Å². The molecule has 0 bridgehead atoms. The molecule has 8 nitrogen and oxygen atoms in total. The lowest BCUT2D eigenvalue weighted by molar-refractivity contribution is 0.132. The van der Waals surface area contributed by atoms with Crippen LogP contribution in [-0.4, -0.2) is 59.8 Å². The van der Waals surface area contributed by atoms with Crippen LogP contribution < -0.4 is 26.9 Å². The number of rotatable bonds is 5. The molecule has 1 aliphatic rings. The van der Waals surface area contributed by atoms with E-state index in [4.69, 9.17) is 10.3 Å². The molecule has 1 aliphatic heterocycles. The van der Waals surface area contributed by atoms with Gasteiger partial charge >= 0.3 is 7.05 Å². The predicted octanol–water partition coefficient (Wildman–Crippen LogP) is 1.13. The minimum absolute atomic E-state index is 0.153. The molecule has 0 aliphatic carbocycles. The van der Waals surface area contributed by atoms with Crippen LogP contribution >= 0.6 is 0 Å². The zero-order valence-corrected chi connectivity index (χ0v) is 18.8. The van der Waals surface area contributed by atoms with Crippen LogP contribution in [0.3, 0.4) is 0 Å². The van der Waals surface area contributed by atoms with Gasteiger partial charge in [0.2, 0.25) is 0 Å². The molecule has 9 heteroatoms. The quantitative estimate of drug-likeness (QED) is 0.712. The third-order valence-electron chi connectivity index (χ3n) is 5.19. The number of pyridine rings is 2. The van der Waals surface area contributed by atoms with Gasteiger partial charge in [-0.1, -0.05) is 0 Å². The third-order valence-corrected chi connectivity index (χ3v) is 5.19. The number of anilines is 3. The van der Waals surface area contributed by atoms with Gasteiger partial charge in [-0.25, -0.2) is 4.98 Å². The average molecular weight is 412 g/mol. The van der Waals surface area contributed by atoms with Gasteiger partial charge in [0.15, 0.2) is 0 Å². The highest BCUT2D eigenvalue weighted by atomic mass is 16.5. The first-order valence-corrected chi connectivity index (χ1v) is 10.4. The Hall–Kier alpha value is -2.36. The molecule has 3 rings (SSSR count). The van der Waals surface area contributed by atoms with Gasteiger partial charge in [-0.2, -0.15) is 0 Å². The highest BCUT2D eigenvalue weighted by molar-refractivity contribution is 6.64. The topological polar surface area (TPSA) is 88.7 Å². The Balaban J connectivity index is 1.78. The van der Waals surface area contributed by atoms with E-state index in [2.05, 4.69) is 34.1 Å². The molecule has 0 saturated carbocycles. The van der Waals surface area contributed by atoms with Crippen LogP contribution in [0.5, 0.6) is 0 Å². The highest BCUT2D eigenvalue weighted by Gasteiger charge is 2.24. The zero-order valence-electron chi connectivity index (χ0n) is 18.8. The fourth-order valence-electron chi connectivity index (χ4n) is 3.72. The molecule has 3 N–H and O–H groups in total. The van der Waals surface area contributed by atoms with Crippen LogP contribution in [0.15, 0.2) is 35.4 Å². The second-order valence-electron chi connectivity index (χ2n) is 9.09. The molecule has 1 fully saturated rings. The van der Waals surface area contributed by atoms with Crippen molar-refractivity contribution in [3.63, 3.8) is 0 Å². The molecule has 0 spiro atoms. The molecule has 0 aromatic carbocycles. The molecule has 1 saturated heterocycles. The summed E-state index contributed by atoms with van der Waals surface area (Å²) in [6, 6.07) is 6.10. The van der Waals surface area contributed by atoms with Crippen molar-refractivity contribution in [3.8, 4) is 0 Å². The summed E-state index contributed by atoms with van der Waals surface area (Å²) in [4.78, 5) is 21.8. The first kappa shape index (κ1) is 22.3. The van der Waals surface area contributed by atoms with E-state index in [1.54, 1.807) is 19.3 Å². The van der Waals surface area contributed by atoms with Crippen molar-refractivity contribution >= 4 is 29.7 Å². The molecule has 1 unspecified atom stereocenters. The predicted molar refractivity (Wildman–Crippen MR) is 124 cm³/mol. The maximum absolute atomic E-state index is 12.6. The molecule has 3 heterocycles. The second-order valence-corrected chi connectivity index (χ2v) is 9.09. The van der Waals surface area contributed by atoms with Gasteiger partial charge < -0.3 is 30.0 Å². The van der Waals surface area contributed by atoms with E-state index in [1.807, 2.05) is 39.1 Å². The summed E-state index contributed by atoms with van der Waals surface area (Å²) in [6.45, 7) is 11.1. The van der Waals surface area contributed by atoms with E-state index in [0.717, 1.165) is 30.8 Å². The molecule has 2 aromatic rings. The molecule has 0 amide bonds. The number of aromatic nitrogens is 2. The molecule has 162 valence electrons. The Morgan fingerprint density at radius 1 is 1.27 bits per heavy atom. The van der Waals surface area contributed by atoms with E-state index in [0.29, 0.717) is 17.5 Å². The number of aryl methyl sites for hydroxylation is 1. The van der Waals surface area contributed by atoms with Crippen molar-refractivity contribution in [1.82, 2.24) is 14.5 Å². The standard InChI is InChI=1S/C21H33BN6O2/c1-15-13-26(5)9-10-28(15)17-7-8-19(24-12-17)25-18-11-16(14-27(6)20(18)29)22(23)30-21(2,3)4/h7-8,11-12,14-15H,9-10,13,23H2,1-6H3,(H,24,25). The summed E-state index contributed by atoms with van der Waals surface area (Å²) in [5, 5.41) is 3.14. The van der Waals surface area contributed by atoms with Gasteiger partial charge in [-0.3, -0.25) is 4.79 Å². The number of hydrogen-bond acceptors (Lipinski definition) is 7. The first-order valence-electron chi connectivity index (χ1n) is 10.4. The zero-order chi connectivity index (χ0) is 22.1. The molecule has 0 radical (unpaired) electrons. The van der Waals surface area contributed by atoms with Crippen molar-refractivity contribution in [2.24, 2.45) is 12.7 Å². The number of nitrogens with one attached hydrogen (secondary N) is 1. The summed E-state index contributed by atoms with van der Waals surface area (Å²) < 4.78 is 7.34. The Morgan fingerprint density at radius 3 is 2.60 bits per heavy atom. The second kappa shape index (κ2) is 8.79. The first-order chi connectivity index (χ1) is 14.0. The molecule has 30 heavy (non-hydrogen) atoms. The lowest BCUT2D eigenvalue weighted by Gasteiger charge is -2.39. The van der Waals surface area contributed by atoms with Crippen molar-refractivity contribution in [2.75, 3.05) is 36.9 Å². The van der Waals surface area contributed by atoms with Gasteiger partial charge in [0.25, 0.3) is 5.56 Å². The largest absolute Gasteiger partial charge is 0.415 e. The maximum Gasteiger partial charge on any atom is 0.415 e. The Labute approximate surface area is 179 Å². The maximum atomic E-state index is 12.6. The number of nitrogens with zero attached hydrogens (tertiary/aromatic N) is 4. The van der Waals surface area contributed by atoms with Gasteiger partial charge in [0.1, 0.15) is 11.5 Å². The van der Waals surface area contributed by atoms with Crippen LogP contribution in [0, 0.1) is 0 Å². The van der Waals surface area contributed by atoms with E-state index < -0.39 is 7.05 Å². The summed E-state index contributed by atoms with van der Waals surface area (Å²) in [5.74, 6) is 0.611. The minimum Gasteiger partial charge on any atom is -0.413 e. The van der Waals surface area contributed by atoms with Crippen molar-refractivity contribution in [3.05, 3.63) is 40.9 Å². The fraction of sp³-hybridized carbons (Fsp3) is 0.524. The Kier molecular flexibility index (Phi) is 6.54. The Bertz CT molecular complexity index is 925. The van der Waals surface area contributed by atoms with E-state index in [9.17, 15) is 4.79 Å².